The first kappa shape index (κ1) is 21.5. The van der Waals surface area contributed by atoms with Gasteiger partial charge in [0.05, 0.1) is 29.5 Å². The molecule has 1 aromatic carbocycles. The molecule has 35 heavy (non-hydrogen) atoms. The van der Waals surface area contributed by atoms with Gasteiger partial charge in [-0.2, -0.15) is 0 Å². The first-order valence-corrected chi connectivity index (χ1v) is 11.4. The summed E-state index contributed by atoms with van der Waals surface area (Å²) in [4.78, 5) is 42.1. The van der Waals surface area contributed by atoms with Crippen LogP contribution in [0.5, 0.6) is 5.75 Å². The molecule has 3 aliphatic heterocycles. The van der Waals surface area contributed by atoms with Gasteiger partial charge < -0.3 is 24.7 Å². The first-order chi connectivity index (χ1) is 17.0. The topological polar surface area (TPSA) is 115 Å². The Labute approximate surface area is 198 Å². The number of fused-ring (bicyclic) bond motifs is 1. The summed E-state index contributed by atoms with van der Waals surface area (Å²) < 4.78 is 26.9. The van der Waals surface area contributed by atoms with E-state index in [2.05, 4.69) is 15.6 Å². The van der Waals surface area contributed by atoms with Gasteiger partial charge in [0.1, 0.15) is 17.7 Å². The Morgan fingerprint density at radius 1 is 1.14 bits per heavy atom. The minimum Gasteiger partial charge on any atom is -0.482 e. The number of ether oxygens (including phenoxy) is 2. The number of rotatable bonds is 5. The predicted octanol–water partition coefficient (Wildman–Crippen LogP) is 1.65. The number of nitrogens with zero attached hydrogens (tertiary/aromatic N) is 3. The van der Waals surface area contributed by atoms with Crippen LogP contribution in [-0.4, -0.2) is 53.9 Å². The van der Waals surface area contributed by atoms with Crippen LogP contribution in [0.1, 0.15) is 5.56 Å². The van der Waals surface area contributed by atoms with Crippen molar-refractivity contribution in [3.63, 3.8) is 0 Å². The van der Waals surface area contributed by atoms with Gasteiger partial charge in [-0.3, -0.25) is 19.5 Å². The molecule has 0 aliphatic carbocycles. The summed E-state index contributed by atoms with van der Waals surface area (Å²) in [6.45, 7) is 1.70. The van der Waals surface area contributed by atoms with Crippen LogP contribution < -0.4 is 25.8 Å². The Morgan fingerprint density at radius 2 is 2.03 bits per heavy atom. The normalized spacial score (nSPS) is 20.9. The Kier molecular flexibility index (Phi) is 5.14. The van der Waals surface area contributed by atoms with E-state index in [1.54, 1.807) is 28.8 Å². The zero-order chi connectivity index (χ0) is 24.1. The molecule has 3 aliphatic rings. The number of halogens is 1. The zero-order valence-electron chi connectivity index (χ0n) is 18.6. The highest BCUT2D eigenvalue weighted by molar-refractivity contribution is 5.97. The van der Waals surface area contributed by atoms with E-state index >= 15 is 0 Å². The molecule has 0 radical (unpaired) electrons. The van der Waals surface area contributed by atoms with E-state index in [1.807, 2.05) is 0 Å². The number of benzene rings is 1. The fraction of sp³-hybridized carbons (Fsp3) is 0.333. The summed E-state index contributed by atoms with van der Waals surface area (Å²) in [5, 5.41) is 6.05. The average molecular weight is 479 g/mol. The Bertz CT molecular complexity index is 1420. The summed E-state index contributed by atoms with van der Waals surface area (Å²) in [5.41, 5.74) is 2.62. The second-order valence-electron chi connectivity index (χ2n) is 8.96. The average Bonchev–Trinajstić information content (AvgIpc) is 3.22. The lowest BCUT2D eigenvalue weighted by atomic mass is 9.94. The maximum atomic E-state index is 14.5. The van der Waals surface area contributed by atoms with E-state index in [4.69, 9.17) is 9.47 Å². The molecule has 0 spiro atoms. The van der Waals surface area contributed by atoms with Crippen molar-refractivity contribution in [3.05, 3.63) is 58.3 Å². The maximum absolute atomic E-state index is 14.5. The van der Waals surface area contributed by atoms with Crippen LogP contribution in [0.3, 0.4) is 0 Å². The Morgan fingerprint density at radius 3 is 2.91 bits per heavy atom. The number of aromatic nitrogens is 2. The van der Waals surface area contributed by atoms with Crippen LogP contribution in [0, 0.1) is 11.7 Å². The predicted molar refractivity (Wildman–Crippen MR) is 124 cm³/mol. The molecule has 5 heterocycles. The maximum Gasteiger partial charge on any atom is 0.414 e. The van der Waals surface area contributed by atoms with Crippen molar-refractivity contribution in [3.8, 4) is 5.75 Å². The molecule has 180 valence electrons. The first-order valence-electron chi connectivity index (χ1n) is 11.4. The second kappa shape index (κ2) is 8.35. The number of anilines is 2. The van der Waals surface area contributed by atoms with E-state index < -0.39 is 11.9 Å². The number of cyclic esters (lactones) is 1. The van der Waals surface area contributed by atoms with Gasteiger partial charge in [-0.05, 0) is 36.6 Å². The number of carbonyl (C=O) groups is 2. The molecule has 2 atom stereocenters. The molecule has 11 heteroatoms. The third kappa shape index (κ3) is 3.87. The molecular weight excluding hydrogens is 457 g/mol. The van der Waals surface area contributed by atoms with Gasteiger partial charge in [0.25, 0.3) is 11.5 Å². The standard InChI is InChI=1S/C24H22FN5O5/c25-17-9-27-18-2-4-22(32)30-10-13(5-16(17)23(18)30)7-26-8-15-11-29(24(33)35-15)14-1-3-20-19(6-14)28-21(31)12-34-20/h1-4,6,9,13,15,26H,5,7-8,10-12H2,(H,28,31)/t13?,15-/m1/s1. The third-order valence-electron chi connectivity index (χ3n) is 6.57. The van der Waals surface area contributed by atoms with Crippen molar-refractivity contribution in [2.75, 3.05) is 36.5 Å². The lowest BCUT2D eigenvalue weighted by Gasteiger charge is -2.27. The van der Waals surface area contributed by atoms with E-state index in [-0.39, 0.29) is 30.1 Å². The zero-order valence-corrected chi connectivity index (χ0v) is 18.6. The van der Waals surface area contributed by atoms with Gasteiger partial charge in [0.15, 0.2) is 6.61 Å². The van der Waals surface area contributed by atoms with Gasteiger partial charge in [0, 0.05) is 37.0 Å². The highest BCUT2D eigenvalue weighted by Crippen LogP contribution is 2.33. The summed E-state index contributed by atoms with van der Waals surface area (Å²) in [6, 6.07) is 8.22. The summed E-state index contributed by atoms with van der Waals surface area (Å²) in [7, 11) is 0. The van der Waals surface area contributed by atoms with Crippen LogP contribution in [0.25, 0.3) is 11.0 Å². The molecular formula is C24H22FN5O5. The largest absolute Gasteiger partial charge is 0.482 e. The second-order valence-corrected chi connectivity index (χ2v) is 8.96. The summed E-state index contributed by atoms with van der Waals surface area (Å²) in [5.74, 6) is -0.107. The lowest BCUT2D eigenvalue weighted by molar-refractivity contribution is -0.118. The minimum atomic E-state index is -0.473. The molecule has 1 fully saturated rings. The number of hydrogen-bond donors (Lipinski definition) is 2. The van der Waals surface area contributed by atoms with E-state index in [0.29, 0.717) is 66.3 Å². The van der Waals surface area contributed by atoms with Gasteiger partial charge >= 0.3 is 6.09 Å². The molecule has 1 unspecified atom stereocenters. The number of pyridine rings is 2. The Balaban J connectivity index is 1.09. The molecule has 2 amide bonds. The quantitative estimate of drug-likeness (QED) is 0.572. The van der Waals surface area contributed by atoms with Crippen LogP contribution in [0.15, 0.2) is 41.3 Å². The molecule has 1 saturated heterocycles. The van der Waals surface area contributed by atoms with Crippen molar-refractivity contribution in [1.29, 1.82) is 0 Å². The van der Waals surface area contributed by atoms with Crippen molar-refractivity contribution < 1.29 is 23.5 Å². The number of carbonyl (C=O) groups excluding carboxylic acids is 2. The van der Waals surface area contributed by atoms with Gasteiger partial charge in [-0.1, -0.05) is 0 Å². The summed E-state index contributed by atoms with van der Waals surface area (Å²) in [6.07, 6.45) is 0.833. The Hall–Kier alpha value is -3.99. The summed E-state index contributed by atoms with van der Waals surface area (Å²) >= 11 is 0. The fourth-order valence-corrected chi connectivity index (χ4v) is 4.96. The molecule has 2 aromatic heterocycles. The number of hydrogen-bond acceptors (Lipinski definition) is 7. The van der Waals surface area contributed by atoms with Crippen molar-refractivity contribution in [1.82, 2.24) is 14.9 Å². The lowest BCUT2D eigenvalue weighted by Crippen LogP contribution is -2.38. The molecule has 0 bridgehead atoms. The monoisotopic (exact) mass is 479 g/mol. The van der Waals surface area contributed by atoms with E-state index in [0.717, 1.165) is 0 Å². The van der Waals surface area contributed by atoms with Crippen LogP contribution in [-0.2, 0) is 22.5 Å². The SMILES string of the molecule is O=C1COc2ccc(N3C[C@@H](CNCC4Cc5c(F)cnc6ccc(=O)n(c56)C4)OC3=O)cc2N1. The van der Waals surface area contributed by atoms with Crippen LogP contribution >= 0.6 is 0 Å². The molecule has 3 aromatic rings. The van der Waals surface area contributed by atoms with Crippen molar-refractivity contribution in [2.45, 2.75) is 19.1 Å². The third-order valence-corrected chi connectivity index (χ3v) is 6.57. The fourth-order valence-electron chi connectivity index (χ4n) is 4.96. The van der Waals surface area contributed by atoms with Gasteiger partial charge in [-0.25, -0.2) is 9.18 Å². The molecule has 0 saturated carbocycles. The highest BCUT2D eigenvalue weighted by atomic mass is 19.1. The number of nitrogens with one attached hydrogen (secondary N) is 2. The smallest absolute Gasteiger partial charge is 0.414 e. The van der Waals surface area contributed by atoms with Crippen molar-refractivity contribution in [2.24, 2.45) is 5.92 Å². The van der Waals surface area contributed by atoms with Crippen LogP contribution in [0.2, 0.25) is 0 Å². The minimum absolute atomic E-state index is 0.000153. The van der Waals surface area contributed by atoms with E-state index in [1.165, 1.54) is 17.2 Å². The molecule has 6 rings (SSSR count). The van der Waals surface area contributed by atoms with Gasteiger partial charge in [0.2, 0.25) is 0 Å². The number of amides is 2. The van der Waals surface area contributed by atoms with E-state index in [9.17, 15) is 18.8 Å². The van der Waals surface area contributed by atoms with Gasteiger partial charge in [-0.15, -0.1) is 0 Å². The van der Waals surface area contributed by atoms with Crippen LogP contribution in [0.4, 0.5) is 20.6 Å². The van der Waals surface area contributed by atoms with Crippen molar-refractivity contribution >= 4 is 34.4 Å². The highest BCUT2D eigenvalue weighted by Gasteiger charge is 2.33. The molecule has 10 nitrogen and oxygen atoms in total. The molecule has 2 N–H and O–H groups in total.